The molecule has 3 aromatic rings. The highest BCUT2D eigenvalue weighted by Crippen LogP contribution is 2.35. The number of nitrogens with one attached hydrogen (secondary N) is 1. The van der Waals surface area contributed by atoms with Gasteiger partial charge in [-0.25, -0.2) is 23.7 Å². The molecule has 0 amide bonds. The van der Waals surface area contributed by atoms with Crippen molar-refractivity contribution in [3.8, 4) is 5.88 Å². The van der Waals surface area contributed by atoms with Crippen LogP contribution < -0.4 is 15.0 Å². The topological polar surface area (TPSA) is 63.2 Å². The summed E-state index contributed by atoms with van der Waals surface area (Å²) in [5, 5.41) is 4.59. The van der Waals surface area contributed by atoms with E-state index >= 15 is 0 Å². The number of ether oxygens (including phenoxy) is 1. The summed E-state index contributed by atoms with van der Waals surface area (Å²) >= 11 is 1.70. The van der Waals surface area contributed by atoms with Crippen molar-refractivity contribution in [1.82, 2.24) is 20.3 Å². The molecule has 5 rings (SSSR count). The molecule has 152 valence electrons. The van der Waals surface area contributed by atoms with E-state index in [1.54, 1.807) is 16.2 Å². The molecule has 0 unspecified atom stereocenters. The summed E-state index contributed by atoms with van der Waals surface area (Å²) in [7, 11) is 0. The minimum absolute atomic E-state index is 0.0152. The molecule has 29 heavy (non-hydrogen) atoms. The lowest BCUT2D eigenvalue weighted by molar-refractivity contribution is 0.0256. The second-order valence-corrected chi connectivity index (χ2v) is 8.69. The summed E-state index contributed by atoms with van der Waals surface area (Å²) in [6, 6.07) is 8.48. The van der Waals surface area contributed by atoms with Crippen LogP contribution >= 0.6 is 11.3 Å². The lowest BCUT2D eigenvalue weighted by Gasteiger charge is -2.36. The number of fused-ring (bicyclic) bond motifs is 1. The van der Waals surface area contributed by atoms with E-state index in [2.05, 4.69) is 26.3 Å². The van der Waals surface area contributed by atoms with Crippen molar-refractivity contribution in [3.63, 3.8) is 0 Å². The number of aromatic nitrogens is 3. The van der Waals surface area contributed by atoms with Crippen LogP contribution in [0.1, 0.15) is 24.3 Å². The molecule has 1 N–H and O–H groups in total. The molecule has 1 aromatic carbocycles. The number of rotatable bonds is 6. The van der Waals surface area contributed by atoms with Crippen LogP contribution in [0.25, 0.3) is 10.2 Å². The Kier molecular flexibility index (Phi) is 4.79. The lowest BCUT2D eigenvalue weighted by atomic mass is 9.89. The molecule has 0 atom stereocenters. The predicted molar refractivity (Wildman–Crippen MR) is 108 cm³/mol. The van der Waals surface area contributed by atoms with E-state index in [-0.39, 0.29) is 25.6 Å². The first-order valence-electron chi connectivity index (χ1n) is 9.74. The number of halogens is 2. The van der Waals surface area contributed by atoms with Crippen LogP contribution in [0.2, 0.25) is 0 Å². The highest BCUT2D eigenvalue weighted by Gasteiger charge is 2.40. The molecule has 1 aliphatic carbocycles. The van der Waals surface area contributed by atoms with Crippen LogP contribution in [0.5, 0.6) is 5.88 Å². The van der Waals surface area contributed by atoms with Crippen LogP contribution in [0.15, 0.2) is 36.7 Å². The highest BCUT2D eigenvalue weighted by atomic mass is 32.1. The van der Waals surface area contributed by atoms with Gasteiger partial charge in [-0.05, 0) is 25.0 Å². The van der Waals surface area contributed by atoms with E-state index in [9.17, 15) is 8.78 Å². The molecular weight excluding hydrogens is 396 g/mol. The fourth-order valence-corrected chi connectivity index (χ4v) is 4.67. The van der Waals surface area contributed by atoms with Gasteiger partial charge >= 0.3 is 0 Å². The third-order valence-corrected chi connectivity index (χ3v) is 6.41. The first kappa shape index (κ1) is 18.6. The summed E-state index contributed by atoms with van der Waals surface area (Å²) in [5.74, 6) is -1.92. The number of thiazole rings is 1. The van der Waals surface area contributed by atoms with Gasteiger partial charge in [0.25, 0.3) is 11.8 Å². The standard InChI is InChI=1S/C20H21F2N5OS/c21-20(22)5-8-27(12-20)18-19(24-7-6-23-18)28-14-9-13(10-14)25-11-17-26-15-3-1-2-4-16(15)29-17/h1-4,6-7,13-14,25H,5,8-12H2. The molecule has 1 saturated heterocycles. The van der Waals surface area contributed by atoms with Gasteiger partial charge in [-0.3, -0.25) is 0 Å². The van der Waals surface area contributed by atoms with Gasteiger partial charge in [-0.1, -0.05) is 12.1 Å². The summed E-state index contributed by atoms with van der Waals surface area (Å²) in [5.41, 5.74) is 1.03. The van der Waals surface area contributed by atoms with Gasteiger partial charge in [0, 0.05) is 37.9 Å². The Labute approximate surface area is 170 Å². The largest absolute Gasteiger partial charge is 0.472 e. The molecule has 0 spiro atoms. The molecule has 2 aliphatic rings. The number of para-hydroxylation sites is 1. The van der Waals surface area contributed by atoms with Gasteiger partial charge in [0.2, 0.25) is 0 Å². The van der Waals surface area contributed by atoms with Crippen molar-refractivity contribution < 1.29 is 13.5 Å². The zero-order valence-corrected chi connectivity index (χ0v) is 16.5. The zero-order valence-electron chi connectivity index (χ0n) is 15.7. The van der Waals surface area contributed by atoms with E-state index in [1.165, 1.54) is 17.1 Å². The molecule has 1 aliphatic heterocycles. The Morgan fingerprint density at radius 1 is 1.21 bits per heavy atom. The maximum atomic E-state index is 13.6. The van der Waals surface area contributed by atoms with Crippen LogP contribution in [0, 0.1) is 0 Å². The number of anilines is 1. The normalized spacial score (nSPS) is 23.3. The summed E-state index contributed by atoms with van der Waals surface area (Å²) in [6.07, 6.45) is 4.59. The Morgan fingerprint density at radius 2 is 2.03 bits per heavy atom. The molecule has 6 nitrogen and oxygen atoms in total. The average molecular weight is 417 g/mol. The van der Waals surface area contributed by atoms with Crippen molar-refractivity contribution in [1.29, 1.82) is 0 Å². The lowest BCUT2D eigenvalue weighted by Crippen LogP contribution is -2.46. The van der Waals surface area contributed by atoms with Gasteiger partial charge in [-0.15, -0.1) is 11.3 Å². The maximum Gasteiger partial charge on any atom is 0.266 e. The zero-order chi connectivity index (χ0) is 19.8. The monoisotopic (exact) mass is 417 g/mol. The summed E-state index contributed by atoms with van der Waals surface area (Å²) in [4.78, 5) is 14.7. The second-order valence-electron chi connectivity index (χ2n) is 7.58. The van der Waals surface area contributed by atoms with Crippen molar-refractivity contribution in [2.24, 2.45) is 0 Å². The van der Waals surface area contributed by atoms with E-state index in [4.69, 9.17) is 4.74 Å². The molecule has 2 fully saturated rings. The maximum absolute atomic E-state index is 13.6. The third kappa shape index (κ3) is 4.02. The van der Waals surface area contributed by atoms with Gasteiger partial charge in [-0.2, -0.15) is 0 Å². The smallest absolute Gasteiger partial charge is 0.266 e. The van der Waals surface area contributed by atoms with Crippen molar-refractivity contribution >= 4 is 27.4 Å². The van der Waals surface area contributed by atoms with Gasteiger partial charge in [0.15, 0.2) is 5.82 Å². The third-order valence-electron chi connectivity index (χ3n) is 5.37. The average Bonchev–Trinajstić information content (AvgIpc) is 3.26. The molecule has 3 heterocycles. The van der Waals surface area contributed by atoms with Crippen molar-refractivity contribution in [2.75, 3.05) is 18.0 Å². The predicted octanol–water partition coefficient (Wildman–Crippen LogP) is 3.63. The SMILES string of the molecule is FC1(F)CCN(c2nccnc2OC2CC(NCc3nc4ccccc4s3)C2)C1. The van der Waals surface area contributed by atoms with E-state index < -0.39 is 5.92 Å². The second kappa shape index (κ2) is 7.46. The Balaban J connectivity index is 1.14. The Hall–Kier alpha value is -2.39. The number of benzene rings is 1. The van der Waals surface area contributed by atoms with E-state index in [0.717, 1.165) is 29.9 Å². The Morgan fingerprint density at radius 3 is 2.83 bits per heavy atom. The van der Waals surface area contributed by atoms with Gasteiger partial charge in [0.05, 0.1) is 16.8 Å². The van der Waals surface area contributed by atoms with Crippen LogP contribution in [-0.2, 0) is 6.54 Å². The molecular formula is C20H21F2N5OS. The van der Waals surface area contributed by atoms with Crippen LogP contribution in [-0.4, -0.2) is 46.1 Å². The Bertz CT molecular complexity index is 974. The van der Waals surface area contributed by atoms with E-state index in [1.807, 2.05) is 18.2 Å². The molecule has 1 saturated carbocycles. The first-order chi connectivity index (χ1) is 14.1. The molecule has 0 radical (unpaired) electrons. The molecule has 2 aromatic heterocycles. The van der Waals surface area contributed by atoms with Crippen molar-refractivity contribution in [3.05, 3.63) is 41.7 Å². The minimum atomic E-state index is -2.68. The number of hydrogen-bond acceptors (Lipinski definition) is 7. The number of nitrogens with zero attached hydrogens (tertiary/aromatic N) is 4. The van der Waals surface area contributed by atoms with Gasteiger partial charge < -0.3 is 15.0 Å². The van der Waals surface area contributed by atoms with E-state index in [0.29, 0.717) is 17.7 Å². The molecule has 0 bridgehead atoms. The fourth-order valence-electron chi connectivity index (χ4n) is 3.75. The number of alkyl halides is 2. The van der Waals surface area contributed by atoms with Gasteiger partial charge in [0.1, 0.15) is 11.1 Å². The number of hydrogen-bond donors (Lipinski definition) is 1. The fraction of sp³-hybridized carbons (Fsp3) is 0.450. The highest BCUT2D eigenvalue weighted by molar-refractivity contribution is 7.18. The molecule has 9 heteroatoms. The minimum Gasteiger partial charge on any atom is -0.472 e. The quantitative estimate of drug-likeness (QED) is 0.661. The van der Waals surface area contributed by atoms with Crippen molar-refractivity contribution in [2.45, 2.75) is 43.9 Å². The van der Waals surface area contributed by atoms with Crippen LogP contribution in [0.4, 0.5) is 14.6 Å². The summed E-state index contributed by atoms with van der Waals surface area (Å²) < 4.78 is 34.3. The first-order valence-corrected chi connectivity index (χ1v) is 10.6. The van der Waals surface area contributed by atoms with Crippen LogP contribution in [0.3, 0.4) is 0 Å². The summed E-state index contributed by atoms with van der Waals surface area (Å²) in [6.45, 7) is 0.661.